The Hall–Kier alpha value is -0.350. The highest BCUT2D eigenvalue weighted by atomic mass is 79.9. The minimum atomic E-state index is -0.474. The van der Waals surface area contributed by atoms with Crippen molar-refractivity contribution in [2.24, 2.45) is 7.05 Å². The van der Waals surface area contributed by atoms with E-state index >= 15 is 0 Å². The maximum atomic E-state index is 9.79. The summed E-state index contributed by atoms with van der Waals surface area (Å²) in [5.41, 5.74) is 1.85. The summed E-state index contributed by atoms with van der Waals surface area (Å²) < 4.78 is 1.75. The number of halogens is 1. The van der Waals surface area contributed by atoms with E-state index in [1.807, 2.05) is 13.2 Å². The molecule has 0 fully saturated rings. The van der Waals surface area contributed by atoms with Gasteiger partial charge >= 0.3 is 0 Å². The van der Waals surface area contributed by atoms with Crippen LogP contribution < -0.4 is 0 Å². The molecule has 14 heavy (non-hydrogen) atoms. The van der Waals surface area contributed by atoms with Gasteiger partial charge in [0.2, 0.25) is 0 Å². The van der Waals surface area contributed by atoms with E-state index in [2.05, 4.69) is 41.8 Å². The molecule has 1 N–H and O–H groups in total. The lowest BCUT2D eigenvalue weighted by atomic mass is 9.88. The highest BCUT2D eigenvalue weighted by Crippen LogP contribution is 2.28. The number of hydrogen-bond donors (Lipinski definition) is 1. The summed E-state index contributed by atoms with van der Waals surface area (Å²) in [5, 5.41) is 14.7. The van der Waals surface area contributed by atoms with E-state index < -0.39 is 6.10 Å². The van der Waals surface area contributed by atoms with E-state index in [1.54, 1.807) is 4.68 Å². The zero-order chi connectivity index (χ0) is 10.9. The van der Waals surface area contributed by atoms with Crippen LogP contribution in [0.15, 0.2) is 6.20 Å². The Morgan fingerprint density at radius 2 is 2.14 bits per heavy atom. The summed E-state index contributed by atoms with van der Waals surface area (Å²) in [6.45, 7) is 6.29. The molecule has 0 amide bonds. The molecule has 1 aromatic heterocycles. The van der Waals surface area contributed by atoms with Gasteiger partial charge in [-0.2, -0.15) is 5.10 Å². The van der Waals surface area contributed by atoms with Crippen LogP contribution in [0.3, 0.4) is 0 Å². The van der Waals surface area contributed by atoms with Crippen LogP contribution in [0.25, 0.3) is 0 Å². The van der Waals surface area contributed by atoms with Crippen molar-refractivity contribution in [3.8, 4) is 0 Å². The minimum Gasteiger partial charge on any atom is -0.387 e. The maximum Gasteiger partial charge on any atom is 0.0920 e. The number of alkyl halides is 1. The average molecular weight is 261 g/mol. The summed E-state index contributed by atoms with van der Waals surface area (Å²) in [4.78, 5) is 0. The van der Waals surface area contributed by atoms with Gasteiger partial charge in [-0.3, -0.25) is 4.68 Å². The summed E-state index contributed by atoms with van der Waals surface area (Å²) >= 11 is 3.27. The molecule has 0 aliphatic heterocycles. The lowest BCUT2D eigenvalue weighted by Crippen LogP contribution is -2.16. The first kappa shape index (κ1) is 11.7. The third kappa shape index (κ3) is 2.36. The van der Waals surface area contributed by atoms with E-state index in [4.69, 9.17) is 0 Å². The number of rotatable bonds is 2. The van der Waals surface area contributed by atoms with Crippen LogP contribution in [0.4, 0.5) is 0 Å². The molecule has 0 saturated carbocycles. The monoisotopic (exact) mass is 260 g/mol. The van der Waals surface area contributed by atoms with Gasteiger partial charge in [-0.05, 0) is 0 Å². The fourth-order valence-corrected chi connectivity index (χ4v) is 1.77. The van der Waals surface area contributed by atoms with Crippen LogP contribution in [0.1, 0.15) is 38.1 Å². The predicted octanol–water partition coefficient (Wildman–Crippen LogP) is 2.15. The molecule has 0 saturated heterocycles. The van der Waals surface area contributed by atoms with Gasteiger partial charge in [0.05, 0.1) is 11.8 Å². The molecule has 1 rings (SSSR count). The molecule has 1 unspecified atom stereocenters. The van der Waals surface area contributed by atoms with Crippen LogP contribution in [0, 0.1) is 0 Å². The van der Waals surface area contributed by atoms with Gasteiger partial charge in [0.1, 0.15) is 0 Å². The number of aryl methyl sites for hydroxylation is 1. The first-order chi connectivity index (χ1) is 6.36. The number of aliphatic hydroxyl groups excluding tert-OH is 1. The summed E-state index contributed by atoms with van der Waals surface area (Å²) in [7, 11) is 1.87. The standard InChI is InChI=1S/C10H17BrN2O/c1-10(2,3)9-7(8(14)5-11)6-13(4)12-9/h6,8,14H,5H2,1-4H3. The van der Waals surface area contributed by atoms with Crippen LogP contribution in [0.5, 0.6) is 0 Å². The van der Waals surface area contributed by atoms with Gasteiger partial charge in [0.25, 0.3) is 0 Å². The smallest absolute Gasteiger partial charge is 0.0920 e. The van der Waals surface area contributed by atoms with E-state index in [9.17, 15) is 5.11 Å². The van der Waals surface area contributed by atoms with Crippen LogP contribution >= 0.6 is 15.9 Å². The summed E-state index contributed by atoms with van der Waals surface area (Å²) in [6.07, 6.45) is 1.41. The van der Waals surface area contributed by atoms with Crippen molar-refractivity contribution in [2.75, 3.05) is 5.33 Å². The highest BCUT2D eigenvalue weighted by Gasteiger charge is 2.24. The number of nitrogens with zero attached hydrogens (tertiary/aromatic N) is 2. The largest absolute Gasteiger partial charge is 0.387 e. The van der Waals surface area contributed by atoms with E-state index in [0.29, 0.717) is 5.33 Å². The van der Waals surface area contributed by atoms with Crippen molar-refractivity contribution in [1.29, 1.82) is 0 Å². The molecular formula is C10H17BrN2O. The van der Waals surface area contributed by atoms with Crippen molar-refractivity contribution >= 4 is 15.9 Å². The van der Waals surface area contributed by atoms with Gasteiger partial charge in [0.15, 0.2) is 0 Å². The van der Waals surface area contributed by atoms with Gasteiger partial charge in [-0.15, -0.1) is 0 Å². The molecule has 4 heteroatoms. The number of aromatic nitrogens is 2. The fourth-order valence-electron chi connectivity index (χ4n) is 1.42. The molecule has 1 aromatic rings. The van der Waals surface area contributed by atoms with E-state index in [0.717, 1.165) is 11.3 Å². The molecule has 0 aliphatic rings. The molecule has 0 spiro atoms. The lowest BCUT2D eigenvalue weighted by molar-refractivity contribution is 0.202. The minimum absolute atomic E-state index is 0.0280. The summed E-state index contributed by atoms with van der Waals surface area (Å²) in [6, 6.07) is 0. The molecule has 1 heterocycles. The van der Waals surface area contributed by atoms with E-state index in [1.165, 1.54) is 0 Å². The van der Waals surface area contributed by atoms with Gasteiger partial charge in [-0.25, -0.2) is 0 Å². The Kier molecular flexibility index (Phi) is 3.37. The Balaban J connectivity index is 3.16. The normalized spacial score (nSPS) is 14.4. The van der Waals surface area contributed by atoms with Gasteiger partial charge < -0.3 is 5.11 Å². The lowest BCUT2D eigenvalue weighted by Gasteiger charge is -2.18. The molecule has 3 nitrogen and oxygen atoms in total. The predicted molar refractivity (Wildman–Crippen MR) is 60.7 cm³/mol. The SMILES string of the molecule is Cn1cc(C(O)CBr)c(C(C)(C)C)n1. The van der Waals surface area contributed by atoms with Crippen molar-refractivity contribution in [2.45, 2.75) is 32.3 Å². The van der Waals surface area contributed by atoms with Crippen LogP contribution in [0.2, 0.25) is 0 Å². The molecule has 0 radical (unpaired) electrons. The molecule has 0 aromatic carbocycles. The average Bonchev–Trinajstić information content (AvgIpc) is 2.45. The van der Waals surface area contributed by atoms with Gasteiger partial charge in [-0.1, -0.05) is 36.7 Å². The third-order valence-corrected chi connectivity index (χ3v) is 2.69. The maximum absolute atomic E-state index is 9.79. The number of hydrogen-bond acceptors (Lipinski definition) is 2. The van der Waals surface area contributed by atoms with Crippen molar-refractivity contribution < 1.29 is 5.11 Å². The van der Waals surface area contributed by atoms with Crippen LogP contribution in [-0.4, -0.2) is 20.2 Å². The topological polar surface area (TPSA) is 38.0 Å². The molecule has 0 bridgehead atoms. The zero-order valence-electron chi connectivity index (χ0n) is 9.08. The molecule has 1 atom stereocenters. The Bertz CT molecular complexity index is 314. The zero-order valence-corrected chi connectivity index (χ0v) is 10.7. The third-order valence-electron chi connectivity index (χ3n) is 2.07. The Morgan fingerprint density at radius 3 is 2.57 bits per heavy atom. The highest BCUT2D eigenvalue weighted by molar-refractivity contribution is 9.09. The molecule has 80 valence electrons. The molecular weight excluding hydrogens is 244 g/mol. The molecule has 0 aliphatic carbocycles. The second-order valence-electron chi connectivity index (χ2n) is 4.53. The quantitative estimate of drug-likeness (QED) is 0.828. The first-order valence-corrected chi connectivity index (χ1v) is 5.76. The van der Waals surface area contributed by atoms with E-state index in [-0.39, 0.29) is 5.41 Å². The second-order valence-corrected chi connectivity index (χ2v) is 5.17. The Labute approximate surface area is 93.3 Å². The number of aliphatic hydroxyl groups is 1. The summed E-state index contributed by atoms with van der Waals surface area (Å²) in [5.74, 6) is 0. The van der Waals surface area contributed by atoms with Crippen molar-refractivity contribution in [1.82, 2.24) is 9.78 Å². The second kappa shape index (κ2) is 4.03. The van der Waals surface area contributed by atoms with Crippen molar-refractivity contribution in [3.05, 3.63) is 17.5 Å². The Morgan fingerprint density at radius 1 is 1.57 bits per heavy atom. The first-order valence-electron chi connectivity index (χ1n) is 4.64. The van der Waals surface area contributed by atoms with Gasteiger partial charge in [0, 0.05) is 29.6 Å². The van der Waals surface area contributed by atoms with Crippen molar-refractivity contribution in [3.63, 3.8) is 0 Å². The van der Waals surface area contributed by atoms with Crippen LogP contribution in [-0.2, 0) is 12.5 Å². The fraction of sp³-hybridized carbons (Fsp3) is 0.700.